The van der Waals surface area contributed by atoms with Crippen LogP contribution in [0.2, 0.25) is 0 Å². The Morgan fingerprint density at radius 2 is 2.03 bits per heavy atom. The SMILES string of the molecule is O=C(CCn1cnc2ccccc2c1=O)Nc1nc(-c2cccc([N+](=O)[O-])c2)cs1. The van der Waals surface area contributed by atoms with Gasteiger partial charge in [-0.3, -0.25) is 24.3 Å². The molecule has 2 aromatic heterocycles. The average Bonchev–Trinajstić information content (AvgIpc) is 3.22. The maximum absolute atomic E-state index is 12.5. The molecule has 4 aromatic rings. The summed E-state index contributed by atoms with van der Waals surface area (Å²) in [4.78, 5) is 43.8. The molecular formula is C20H15N5O4S. The predicted octanol–water partition coefficient (Wildman–Crippen LogP) is 3.46. The molecule has 2 aromatic carbocycles. The van der Waals surface area contributed by atoms with E-state index >= 15 is 0 Å². The Bertz CT molecular complexity index is 1310. The molecule has 0 aliphatic carbocycles. The van der Waals surface area contributed by atoms with Gasteiger partial charge in [-0.1, -0.05) is 24.3 Å². The normalized spacial score (nSPS) is 10.8. The first-order chi connectivity index (χ1) is 14.5. The fraction of sp³-hybridized carbons (Fsp3) is 0.100. The number of nitro benzene ring substituents is 1. The molecular weight excluding hydrogens is 406 g/mol. The zero-order valence-corrected chi connectivity index (χ0v) is 16.3. The van der Waals surface area contributed by atoms with E-state index in [2.05, 4.69) is 15.3 Å². The second kappa shape index (κ2) is 8.21. The molecule has 150 valence electrons. The van der Waals surface area contributed by atoms with Crippen LogP contribution in [0.5, 0.6) is 0 Å². The third kappa shape index (κ3) is 4.08. The van der Waals surface area contributed by atoms with Crippen molar-refractivity contribution in [2.45, 2.75) is 13.0 Å². The summed E-state index contributed by atoms with van der Waals surface area (Å²) in [6.07, 6.45) is 1.51. The van der Waals surface area contributed by atoms with Gasteiger partial charge in [-0.2, -0.15) is 0 Å². The van der Waals surface area contributed by atoms with Crippen molar-refractivity contribution < 1.29 is 9.72 Å². The van der Waals surface area contributed by atoms with Gasteiger partial charge in [-0.05, 0) is 12.1 Å². The van der Waals surface area contributed by atoms with Gasteiger partial charge in [0.25, 0.3) is 11.2 Å². The monoisotopic (exact) mass is 421 g/mol. The number of anilines is 1. The summed E-state index contributed by atoms with van der Waals surface area (Å²) in [5, 5.41) is 16.2. The lowest BCUT2D eigenvalue weighted by Gasteiger charge is -2.06. The molecule has 0 bridgehead atoms. The minimum Gasteiger partial charge on any atom is -0.302 e. The van der Waals surface area contributed by atoms with Crippen molar-refractivity contribution >= 4 is 39.0 Å². The first kappa shape index (κ1) is 19.4. The summed E-state index contributed by atoms with van der Waals surface area (Å²) in [5.74, 6) is -0.296. The Balaban J connectivity index is 1.42. The van der Waals surface area contributed by atoms with E-state index in [9.17, 15) is 19.7 Å². The lowest BCUT2D eigenvalue weighted by atomic mass is 10.1. The first-order valence-electron chi connectivity index (χ1n) is 8.95. The van der Waals surface area contributed by atoms with E-state index in [1.54, 1.807) is 35.7 Å². The maximum Gasteiger partial charge on any atom is 0.270 e. The Hall–Kier alpha value is -3.92. The number of carbonyl (C=O) groups excluding carboxylic acids is 1. The zero-order chi connectivity index (χ0) is 21.1. The number of para-hydroxylation sites is 1. The molecule has 10 heteroatoms. The minimum absolute atomic E-state index is 0.0273. The predicted molar refractivity (Wildman–Crippen MR) is 113 cm³/mol. The Morgan fingerprint density at radius 3 is 2.87 bits per heavy atom. The molecule has 9 nitrogen and oxygen atoms in total. The van der Waals surface area contributed by atoms with Crippen molar-refractivity contribution in [1.82, 2.24) is 14.5 Å². The highest BCUT2D eigenvalue weighted by Gasteiger charge is 2.12. The van der Waals surface area contributed by atoms with E-state index in [4.69, 9.17) is 0 Å². The molecule has 0 radical (unpaired) electrons. The molecule has 4 rings (SSSR count). The van der Waals surface area contributed by atoms with Crippen LogP contribution in [0.4, 0.5) is 10.8 Å². The number of nitro groups is 1. The van der Waals surface area contributed by atoms with Gasteiger partial charge in [-0.25, -0.2) is 9.97 Å². The molecule has 0 saturated heterocycles. The van der Waals surface area contributed by atoms with Gasteiger partial charge in [0.05, 0.1) is 27.8 Å². The van der Waals surface area contributed by atoms with Crippen LogP contribution in [0.25, 0.3) is 22.2 Å². The standard InChI is InChI=1S/C20H15N5O4S/c26-18(8-9-24-12-21-16-7-2-1-6-15(16)19(24)27)23-20-22-17(11-30-20)13-4-3-5-14(10-13)25(28)29/h1-7,10-12H,8-9H2,(H,22,23,26). The number of aromatic nitrogens is 3. The summed E-state index contributed by atoms with van der Waals surface area (Å²) in [7, 11) is 0. The van der Waals surface area contributed by atoms with E-state index in [0.717, 1.165) is 0 Å². The van der Waals surface area contributed by atoms with Crippen LogP contribution in [0, 0.1) is 10.1 Å². The number of nitrogens with zero attached hydrogens (tertiary/aromatic N) is 4. The van der Waals surface area contributed by atoms with E-state index in [-0.39, 0.29) is 30.1 Å². The molecule has 0 spiro atoms. The Labute approximate surface area is 173 Å². The van der Waals surface area contributed by atoms with E-state index in [1.165, 1.54) is 34.4 Å². The first-order valence-corrected chi connectivity index (χ1v) is 9.83. The van der Waals surface area contributed by atoms with Crippen LogP contribution in [0.3, 0.4) is 0 Å². The van der Waals surface area contributed by atoms with E-state index in [1.807, 2.05) is 6.07 Å². The van der Waals surface area contributed by atoms with Gasteiger partial charge in [0.15, 0.2) is 5.13 Å². The molecule has 1 N–H and O–H groups in total. The largest absolute Gasteiger partial charge is 0.302 e. The number of rotatable bonds is 6. The molecule has 0 atom stereocenters. The van der Waals surface area contributed by atoms with Crippen molar-refractivity contribution in [1.29, 1.82) is 0 Å². The van der Waals surface area contributed by atoms with E-state index in [0.29, 0.717) is 27.3 Å². The molecule has 0 aliphatic heterocycles. The summed E-state index contributed by atoms with van der Waals surface area (Å²) in [6.45, 7) is 0.186. The van der Waals surface area contributed by atoms with Gasteiger partial charge in [-0.15, -0.1) is 11.3 Å². The topological polar surface area (TPSA) is 120 Å². The van der Waals surface area contributed by atoms with Crippen LogP contribution < -0.4 is 10.9 Å². The Morgan fingerprint density at radius 1 is 1.20 bits per heavy atom. The number of thiazole rings is 1. The summed E-state index contributed by atoms with van der Waals surface area (Å²) < 4.78 is 1.40. The van der Waals surface area contributed by atoms with Crippen molar-refractivity contribution in [3.05, 3.63) is 80.7 Å². The van der Waals surface area contributed by atoms with Gasteiger partial charge < -0.3 is 5.32 Å². The highest BCUT2D eigenvalue weighted by atomic mass is 32.1. The second-order valence-electron chi connectivity index (χ2n) is 6.40. The molecule has 0 saturated carbocycles. The fourth-order valence-electron chi connectivity index (χ4n) is 2.91. The summed E-state index contributed by atoms with van der Waals surface area (Å²) >= 11 is 1.22. The number of hydrogen-bond donors (Lipinski definition) is 1. The van der Waals surface area contributed by atoms with Gasteiger partial charge in [0.2, 0.25) is 5.91 Å². The van der Waals surface area contributed by atoms with Gasteiger partial charge in [0, 0.05) is 36.0 Å². The third-order valence-corrected chi connectivity index (χ3v) is 5.17. The van der Waals surface area contributed by atoms with Crippen molar-refractivity contribution in [3.8, 4) is 11.3 Å². The highest BCUT2D eigenvalue weighted by Crippen LogP contribution is 2.27. The number of aryl methyl sites for hydroxylation is 1. The zero-order valence-electron chi connectivity index (χ0n) is 15.5. The quantitative estimate of drug-likeness (QED) is 0.376. The molecule has 0 fully saturated rings. The molecule has 0 aliphatic rings. The van der Waals surface area contributed by atoms with Crippen molar-refractivity contribution in [3.63, 3.8) is 0 Å². The summed E-state index contributed by atoms with van der Waals surface area (Å²) in [6, 6.07) is 13.2. The lowest BCUT2D eigenvalue weighted by Crippen LogP contribution is -2.23. The van der Waals surface area contributed by atoms with Crippen LogP contribution in [-0.4, -0.2) is 25.4 Å². The highest BCUT2D eigenvalue weighted by molar-refractivity contribution is 7.14. The van der Waals surface area contributed by atoms with Gasteiger partial charge >= 0.3 is 0 Å². The number of nitrogens with one attached hydrogen (secondary N) is 1. The van der Waals surface area contributed by atoms with Crippen LogP contribution in [0.15, 0.2) is 65.0 Å². The number of benzene rings is 2. The van der Waals surface area contributed by atoms with Crippen LogP contribution >= 0.6 is 11.3 Å². The number of amides is 1. The average molecular weight is 421 g/mol. The minimum atomic E-state index is -0.470. The van der Waals surface area contributed by atoms with Crippen molar-refractivity contribution in [2.24, 2.45) is 0 Å². The van der Waals surface area contributed by atoms with E-state index < -0.39 is 4.92 Å². The Kier molecular flexibility index (Phi) is 5.31. The molecule has 1 amide bonds. The lowest BCUT2D eigenvalue weighted by molar-refractivity contribution is -0.384. The second-order valence-corrected chi connectivity index (χ2v) is 7.26. The molecule has 0 unspecified atom stereocenters. The molecule has 30 heavy (non-hydrogen) atoms. The number of non-ortho nitro benzene ring substituents is 1. The number of fused-ring (bicyclic) bond motifs is 1. The number of hydrogen-bond acceptors (Lipinski definition) is 7. The maximum atomic E-state index is 12.5. The summed E-state index contributed by atoms with van der Waals surface area (Å²) in [5.41, 5.74) is 1.51. The fourth-order valence-corrected chi connectivity index (χ4v) is 3.65. The number of carbonyl (C=O) groups is 1. The third-order valence-electron chi connectivity index (χ3n) is 4.41. The molecule has 2 heterocycles. The van der Waals surface area contributed by atoms with Crippen molar-refractivity contribution in [2.75, 3.05) is 5.32 Å². The van der Waals surface area contributed by atoms with Crippen LogP contribution in [-0.2, 0) is 11.3 Å². The van der Waals surface area contributed by atoms with Crippen LogP contribution in [0.1, 0.15) is 6.42 Å². The smallest absolute Gasteiger partial charge is 0.270 e. The van der Waals surface area contributed by atoms with Gasteiger partial charge in [0.1, 0.15) is 0 Å².